The Morgan fingerprint density at radius 1 is 1.00 bits per heavy atom. The van der Waals surface area contributed by atoms with Crippen LogP contribution in [-0.2, 0) is 0 Å². The zero-order chi connectivity index (χ0) is 11.6. The van der Waals surface area contributed by atoms with Crippen LogP contribution in [0.3, 0.4) is 0 Å². The van der Waals surface area contributed by atoms with Gasteiger partial charge in [0.25, 0.3) is 6.43 Å². The van der Waals surface area contributed by atoms with Crippen LogP contribution in [0.1, 0.15) is 12.0 Å². The maximum atomic E-state index is 12.4. The number of rotatable bonds is 3. The molecule has 0 amide bonds. The van der Waals surface area contributed by atoms with Crippen molar-refractivity contribution in [1.82, 2.24) is 0 Å². The summed E-state index contributed by atoms with van der Waals surface area (Å²) in [7, 11) is 0. The van der Waals surface area contributed by atoms with E-state index in [9.17, 15) is 17.6 Å². The molecule has 1 rings (SSSR count). The molecule has 0 aliphatic heterocycles. The number of hydrogen-bond acceptors (Lipinski definition) is 1. The Kier molecular flexibility index (Phi) is 4.39. The zero-order valence-electron chi connectivity index (χ0n) is 6.99. The average molecular weight is 352 g/mol. The van der Waals surface area contributed by atoms with Gasteiger partial charge in [-0.2, -0.15) is 8.78 Å². The van der Waals surface area contributed by atoms with Gasteiger partial charge in [0.2, 0.25) is 0 Å². The van der Waals surface area contributed by atoms with Gasteiger partial charge in [-0.25, -0.2) is 8.78 Å². The molecule has 0 bridgehead atoms. The second kappa shape index (κ2) is 5.16. The second-order valence-electron chi connectivity index (χ2n) is 2.46. The van der Waals surface area contributed by atoms with Crippen molar-refractivity contribution < 1.29 is 22.3 Å². The molecule has 0 aliphatic rings. The van der Waals surface area contributed by atoms with Gasteiger partial charge in [-0.15, -0.1) is 0 Å². The smallest absolute Gasteiger partial charge is 0.387 e. The molecule has 0 saturated carbocycles. The second-order valence-corrected chi connectivity index (χ2v) is 4.05. The molecule has 0 radical (unpaired) electrons. The van der Waals surface area contributed by atoms with Crippen LogP contribution >= 0.6 is 31.9 Å². The van der Waals surface area contributed by atoms with Crippen molar-refractivity contribution in [2.75, 3.05) is 0 Å². The SMILES string of the molecule is FC(F)Oc1ccc(C(F)F)c(Br)c1Br. The van der Waals surface area contributed by atoms with E-state index in [0.717, 1.165) is 12.1 Å². The zero-order valence-corrected chi connectivity index (χ0v) is 10.2. The van der Waals surface area contributed by atoms with Crippen molar-refractivity contribution in [3.8, 4) is 5.75 Å². The molecule has 0 unspecified atom stereocenters. The number of benzene rings is 1. The lowest BCUT2D eigenvalue weighted by Crippen LogP contribution is -2.03. The lowest BCUT2D eigenvalue weighted by Gasteiger charge is -2.10. The molecule has 0 spiro atoms. The predicted octanol–water partition coefficient (Wildman–Crippen LogP) is 4.75. The average Bonchev–Trinajstić information content (AvgIpc) is 2.12. The highest BCUT2D eigenvalue weighted by molar-refractivity contribution is 9.13. The Hall–Kier alpha value is -0.300. The van der Waals surface area contributed by atoms with E-state index in [4.69, 9.17) is 0 Å². The molecule has 0 fully saturated rings. The maximum Gasteiger partial charge on any atom is 0.387 e. The van der Waals surface area contributed by atoms with E-state index < -0.39 is 13.0 Å². The van der Waals surface area contributed by atoms with Crippen molar-refractivity contribution in [2.24, 2.45) is 0 Å². The molecular formula is C8H4Br2F4O. The summed E-state index contributed by atoms with van der Waals surface area (Å²) in [6.07, 6.45) is -2.68. The fourth-order valence-electron chi connectivity index (χ4n) is 0.902. The largest absolute Gasteiger partial charge is 0.434 e. The molecule has 0 aromatic heterocycles. The van der Waals surface area contributed by atoms with E-state index in [1.54, 1.807) is 0 Å². The number of hydrogen-bond donors (Lipinski definition) is 0. The Labute approximate surface area is 99.7 Å². The molecule has 0 atom stereocenters. The van der Waals surface area contributed by atoms with Crippen LogP contribution in [0.5, 0.6) is 5.75 Å². The molecule has 84 valence electrons. The number of halogens is 6. The minimum absolute atomic E-state index is 0.00986. The Bertz CT molecular complexity index is 357. The van der Waals surface area contributed by atoms with Gasteiger partial charge < -0.3 is 4.74 Å². The summed E-state index contributed by atoms with van der Waals surface area (Å²) in [5.41, 5.74) is -0.288. The van der Waals surface area contributed by atoms with Gasteiger partial charge in [0.15, 0.2) is 0 Å². The molecular weight excluding hydrogens is 348 g/mol. The quantitative estimate of drug-likeness (QED) is 0.714. The lowest BCUT2D eigenvalue weighted by molar-refractivity contribution is -0.0504. The summed E-state index contributed by atoms with van der Waals surface area (Å²) in [5.74, 6) is -0.193. The Morgan fingerprint density at radius 2 is 1.60 bits per heavy atom. The van der Waals surface area contributed by atoms with Gasteiger partial charge in [0.05, 0.1) is 4.47 Å². The van der Waals surface area contributed by atoms with Gasteiger partial charge in [0.1, 0.15) is 5.75 Å². The van der Waals surface area contributed by atoms with Gasteiger partial charge in [-0.1, -0.05) is 0 Å². The first-order valence-corrected chi connectivity index (χ1v) is 5.23. The van der Waals surface area contributed by atoms with Crippen LogP contribution in [0.4, 0.5) is 17.6 Å². The predicted molar refractivity (Wildman–Crippen MR) is 53.4 cm³/mol. The monoisotopic (exact) mass is 350 g/mol. The first kappa shape index (κ1) is 12.8. The molecule has 0 N–H and O–H groups in total. The number of alkyl halides is 4. The molecule has 1 nitrogen and oxygen atoms in total. The van der Waals surface area contributed by atoms with E-state index in [1.807, 2.05) is 0 Å². The molecule has 1 aromatic rings. The first-order chi connectivity index (χ1) is 6.93. The van der Waals surface area contributed by atoms with Crippen molar-refractivity contribution >= 4 is 31.9 Å². The minimum Gasteiger partial charge on any atom is -0.434 e. The standard InChI is InChI=1S/C8H4Br2F4O/c9-5-3(7(11)12)1-2-4(6(5)10)15-8(13)14/h1-2,7-8H. The van der Waals surface area contributed by atoms with Gasteiger partial charge in [0, 0.05) is 10.0 Å². The minimum atomic E-state index is -2.99. The third-order valence-corrected chi connectivity index (χ3v) is 3.70. The molecule has 1 aromatic carbocycles. The van der Waals surface area contributed by atoms with E-state index in [1.165, 1.54) is 0 Å². The topological polar surface area (TPSA) is 9.23 Å². The molecule has 0 saturated heterocycles. The molecule has 0 heterocycles. The van der Waals surface area contributed by atoms with E-state index in [-0.39, 0.29) is 20.3 Å². The van der Waals surface area contributed by atoms with Crippen molar-refractivity contribution in [3.63, 3.8) is 0 Å². The third-order valence-electron chi connectivity index (χ3n) is 1.53. The van der Waals surface area contributed by atoms with Crippen molar-refractivity contribution in [2.45, 2.75) is 13.0 Å². The highest BCUT2D eigenvalue weighted by Gasteiger charge is 2.18. The summed E-state index contributed by atoms with van der Waals surface area (Å²) in [6, 6.07) is 2.08. The van der Waals surface area contributed by atoms with Gasteiger partial charge in [-0.05, 0) is 44.0 Å². The maximum absolute atomic E-state index is 12.4. The summed E-state index contributed by atoms with van der Waals surface area (Å²) in [6.45, 7) is -2.99. The fraction of sp³-hybridized carbons (Fsp3) is 0.250. The van der Waals surface area contributed by atoms with Gasteiger partial charge >= 0.3 is 6.61 Å². The summed E-state index contributed by atoms with van der Waals surface area (Å²) < 4.78 is 52.7. The summed E-state index contributed by atoms with van der Waals surface area (Å²) >= 11 is 5.76. The summed E-state index contributed by atoms with van der Waals surface area (Å²) in [5, 5.41) is 0. The van der Waals surface area contributed by atoms with Crippen LogP contribution in [0.25, 0.3) is 0 Å². The Balaban J connectivity index is 3.10. The van der Waals surface area contributed by atoms with Crippen LogP contribution in [0.15, 0.2) is 21.1 Å². The van der Waals surface area contributed by atoms with E-state index in [0.29, 0.717) is 0 Å². The van der Waals surface area contributed by atoms with Crippen LogP contribution in [0, 0.1) is 0 Å². The Morgan fingerprint density at radius 3 is 2.07 bits per heavy atom. The summed E-state index contributed by atoms with van der Waals surface area (Å²) in [4.78, 5) is 0. The van der Waals surface area contributed by atoms with Crippen LogP contribution < -0.4 is 4.74 Å². The van der Waals surface area contributed by atoms with E-state index >= 15 is 0 Å². The van der Waals surface area contributed by atoms with Crippen LogP contribution in [0.2, 0.25) is 0 Å². The number of ether oxygens (including phenoxy) is 1. The fourth-order valence-corrected chi connectivity index (χ4v) is 1.86. The highest BCUT2D eigenvalue weighted by atomic mass is 79.9. The normalized spacial score (nSPS) is 11.2. The highest BCUT2D eigenvalue weighted by Crippen LogP contribution is 2.39. The molecule has 7 heteroatoms. The van der Waals surface area contributed by atoms with E-state index in [2.05, 4.69) is 36.6 Å². The van der Waals surface area contributed by atoms with Gasteiger partial charge in [-0.3, -0.25) is 0 Å². The third kappa shape index (κ3) is 3.07. The van der Waals surface area contributed by atoms with Crippen LogP contribution in [-0.4, -0.2) is 6.61 Å². The van der Waals surface area contributed by atoms with Crippen molar-refractivity contribution in [1.29, 1.82) is 0 Å². The first-order valence-electron chi connectivity index (χ1n) is 3.64. The van der Waals surface area contributed by atoms with Crippen molar-refractivity contribution in [3.05, 3.63) is 26.6 Å². The lowest BCUT2D eigenvalue weighted by atomic mass is 10.2. The molecule has 0 aliphatic carbocycles. The molecule has 15 heavy (non-hydrogen) atoms.